The van der Waals surface area contributed by atoms with Gasteiger partial charge in [-0.25, -0.2) is 4.98 Å². The molecule has 4 nitrogen and oxygen atoms in total. The van der Waals surface area contributed by atoms with E-state index >= 15 is 0 Å². The van der Waals surface area contributed by atoms with Crippen LogP contribution in [0.4, 0.5) is 0 Å². The standard InChI is InChI=1S/C14H19ClN2O2/c1-2-9-6-17-13(15)3-12(9)19-14-10-4-16-5-11(14)8-18-7-10/h3,6,10-11,14,16H,2,4-5,7-8H2,1H3. The highest BCUT2D eigenvalue weighted by Crippen LogP contribution is 2.31. The second kappa shape index (κ2) is 5.65. The minimum atomic E-state index is 0.221. The van der Waals surface area contributed by atoms with Gasteiger partial charge in [0.1, 0.15) is 17.0 Å². The number of rotatable bonds is 3. The Morgan fingerprint density at radius 3 is 2.84 bits per heavy atom. The molecule has 0 spiro atoms. The van der Waals surface area contributed by atoms with Crippen LogP contribution < -0.4 is 10.1 Å². The minimum Gasteiger partial charge on any atom is -0.489 e. The van der Waals surface area contributed by atoms with Gasteiger partial charge in [0.05, 0.1) is 13.2 Å². The molecule has 2 unspecified atom stereocenters. The monoisotopic (exact) mass is 282 g/mol. The number of ether oxygens (including phenoxy) is 2. The number of pyridine rings is 1. The summed E-state index contributed by atoms with van der Waals surface area (Å²) in [6, 6.07) is 1.83. The number of nitrogens with one attached hydrogen (secondary N) is 1. The first-order valence-electron chi connectivity index (χ1n) is 6.87. The SMILES string of the molecule is CCc1cnc(Cl)cc1OC1C2CNCC1COC2. The van der Waals surface area contributed by atoms with E-state index < -0.39 is 0 Å². The summed E-state index contributed by atoms with van der Waals surface area (Å²) in [4.78, 5) is 4.12. The molecule has 2 aliphatic rings. The third kappa shape index (κ3) is 2.71. The molecule has 19 heavy (non-hydrogen) atoms. The Bertz CT molecular complexity index is 433. The maximum absolute atomic E-state index is 6.28. The fraction of sp³-hybridized carbons (Fsp3) is 0.643. The summed E-state index contributed by atoms with van der Waals surface area (Å²) in [5, 5.41) is 3.93. The second-order valence-electron chi connectivity index (χ2n) is 5.27. The zero-order valence-corrected chi connectivity index (χ0v) is 11.8. The molecule has 2 saturated heterocycles. The number of aryl methyl sites for hydroxylation is 1. The molecule has 104 valence electrons. The van der Waals surface area contributed by atoms with Crippen LogP contribution in [-0.2, 0) is 11.2 Å². The predicted molar refractivity (Wildman–Crippen MR) is 73.7 cm³/mol. The lowest BCUT2D eigenvalue weighted by molar-refractivity contribution is -0.0823. The summed E-state index contributed by atoms with van der Waals surface area (Å²) >= 11 is 5.98. The maximum atomic E-state index is 6.28. The van der Waals surface area contributed by atoms with Crippen LogP contribution in [0.2, 0.25) is 5.15 Å². The van der Waals surface area contributed by atoms with E-state index in [9.17, 15) is 0 Å². The smallest absolute Gasteiger partial charge is 0.132 e. The molecule has 0 saturated carbocycles. The molecule has 0 radical (unpaired) electrons. The first-order valence-corrected chi connectivity index (χ1v) is 7.25. The summed E-state index contributed by atoms with van der Waals surface area (Å²) in [6.45, 7) is 5.57. The van der Waals surface area contributed by atoms with Crippen molar-refractivity contribution in [2.24, 2.45) is 11.8 Å². The highest BCUT2D eigenvalue weighted by Gasteiger charge is 2.39. The van der Waals surface area contributed by atoms with Gasteiger partial charge >= 0.3 is 0 Å². The van der Waals surface area contributed by atoms with Crippen molar-refractivity contribution >= 4 is 11.6 Å². The highest BCUT2D eigenvalue weighted by molar-refractivity contribution is 6.29. The number of nitrogens with zero attached hydrogens (tertiary/aromatic N) is 1. The van der Waals surface area contributed by atoms with Crippen LogP contribution >= 0.6 is 11.6 Å². The lowest BCUT2D eigenvalue weighted by Crippen LogP contribution is -2.56. The van der Waals surface area contributed by atoms with E-state index in [2.05, 4.69) is 17.2 Å². The molecule has 3 rings (SSSR count). The van der Waals surface area contributed by atoms with Crippen molar-refractivity contribution in [3.05, 3.63) is 23.0 Å². The van der Waals surface area contributed by atoms with Gasteiger partial charge < -0.3 is 14.8 Å². The lowest BCUT2D eigenvalue weighted by Gasteiger charge is -2.42. The number of halogens is 1. The molecule has 2 fully saturated rings. The molecule has 3 heterocycles. The Labute approximate surface area is 118 Å². The second-order valence-corrected chi connectivity index (χ2v) is 5.65. The van der Waals surface area contributed by atoms with Gasteiger partial charge in [0, 0.05) is 42.8 Å². The number of hydrogen-bond donors (Lipinski definition) is 1. The van der Waals surface area contributed by atoms with E-state index in [1.165, 1.54) is 0 Å². The van der Waals surface area contributed by atoms with Gasteiger partial charge in [-0.1, -0.05) is 18.5 Å². The third-order valence-electron chi connectivity index (χ3n) is 3.96. The third-order valence-corrected chi connectivity index (χ3v) is 4.17. The number of hydrogen-bond acceptors (Lipinski definition) is 4. The van der Waals surface area contributed by atoms with Crippen molar-refractivity contribution in [3.8, 4) is 5.75 Å². The van der Waals surface area contributed by atoms with Crippen LogP contribution in [-0.4, -0.2) is 37.4 Å². The lowest BCUT2D eigenvalue weighted by atomic mass is 9.85. The van der Waals surface area contributed by atoms with Crippen molar-refractivity contribution in [2.75, 3.05) is 26.3 Å². The van der Waals surface area contributed by atoms with Gasteiger partial charge in [0.15, 0.2) is 0 Å². The predicted octanol–water partition coefficient (Wildman–Crippen LogP) is 1.91. The molecule has 1 N–H and O–H groups in total. The van der Waals surface area contributed by atoms with Gasteiger partial charge in [0.25, 0.3) is 0 Å². The van der Waals surface area contributed by atoms with Crippen molar-refractivity contribution in [2.45, 2.75) is 19.4 Å². The topological polar surface area (TPSA) is 43.4 Å². The molecule has 0 amide bonds. The fourth-order valence-electron chi connectivity index (χ4n) is 2.91. The zero-order valence-electron chi connectivity index (χ0n) is 11.1. The van der Waals surface area contributed by atoms with E-state index in [-0.39, 0.29) is 6.10 Å². The Morgan fingerprint density at radius 2 is 2.16 bits per heavy atom. The van der Waals surface area contributed by atoms with Crippen molar-refractivity contribution in [1.82, 2.24) is 10.3 Å². The minimum absolute atomic E-state index is 0.221. The molecule has 1 aromatic rings. The summed E-state index contributed by atoms with van der Waals surface area (Å²) < 4.78 is 11.9. The molecule has 1 aromatic heterocycles. The molecule has 2 bridgehead atoms. The average molecular weight is 283 g/mol. The summed E-state index contributed by atoms with van der Waals surface area (Å²) in [5.41, 5.74) is 1.11. The molecule has 0 aliphatic carbocycles. The first kappa shape index (κ1) is 13.2. The van der Waals surface area contributed by atoms with Gasteiger partial charge in [-0.15, -0.1) is 0 Å². The normalized spacial score (nSPS) is 30.1. The Balaban J connectivity index is 1.82. The Morgan fingerprint density at radius 1 is 1.42 bits per heavy atom. The van der Waals surface area contributed by atoms with E-state index in [1.54, 1.807) is 0 Å². The Hall–Kier alpha value is -0.840. The molecule has 0 aromatic carbocycles. The molecular weight excluding hydrogens is 264 g/mol. The summed E-state index contributed by atoms with van der Waals surface area (Å²) in [7, 11) is 0. The number of piperidine rings is 1. The maximum Gasteiger partial charge on any atom is 0.132 e. The molecular formula is C14H19ClN2O2. The molecule has 2 aliphatic heterocycles. The van der Waals surface area contributed by atoms with Gasteiger partial charge in [-0.2, -0.15) is 0 Å². The first-order chi connectivity index (χ1) is 9.28. The zero-order chi connectivity index (χ0) is 13.2. The van der Waals surface area contributed by atoms with Crippen LogP contribution in [0.25, 0.3) is 0 Å². The van der Waals surface area contributed by atoms with Gasteiger partial charge in [-0.05, 0) is 6.42 Å². The van der Waals surface area contributed by atoms with Crippen LogP contribution in [0.3, 0.4) is 0 Å². The fourth-order valence-corrected chi connectivity index (χ4v) is 3.05. The van der Waals surface area contributed by atoms with Crippen molar-refractivity contribution in [3.63, 3.8) is 0 Å². The van der Waals surface area contributed by atoms with Crippen LogP contribution in [0.5, 0.6) is 5.75 Å². The van der Waals surface area contributed by atoms with Gasteiger partial charge in [0.2, 0.25) is 0 Å². The van der Waals surface area contributed by atoms with E-state index in [4.69, 9.17) is 21.1 Å². The van der Waals surface area contributed by atoms with Crippen LogP contribution in [0.1, 0.15) is 12.5 Å². The highest BCUT2D eigenvalue weighted by atomic mass is 35.5. The summed E-state index contributed by atoms with van der Waals surface area (Å²) in [5.74, 6) is 1.72. The average Bonchev–Trinajstić information content (AvgIpc) is 2.39. The van der Waals surface area contributed by atoms with Crippen molar-refractivity contribution < 1.29 is 9.47 Å². The quantitative estimate of drug-likeness (QED) is 0.860. The number of aromatic nitrogens is 1. The van der Waals surface area contributed by atoms with E-state index in [0.29, 0.717) is 17.0 Å². The van der Waals surface area contributed by atoms with Gasteiger partial charge in [-0.3, -0.25) is 0 Å². The van der Waals surface area contributed by atoms with Crippen molar-refractivity contribution in [1.29, 1.82) is 0 Å². The summed E-state index contributed by atoms with van der Waals surface area (Å²) in [6.07, 6.45) is 2.93. The molecule has 5 heteroatoms. The van der Waals surface area contributed by atoms with Crippen LogP contribution in [0.15, 0.2) is 12.3 Å². The Kier molecular flexibility index (Phi) is 3.91. The van der Waals surface area contributed by atoms with Crippen LogP contribution in [0, 0.1) is 11.8 Å². The van der Waals surface area contributed by atoms with E-state index in [0.717, 1.165) is 44.0 Å². The largest absolute Gasteiger partial charge is 0.489 e. The number of fused-ring (bicyclic) bond motifs is 2. The van der Waals surface area contributed by atoms with E-state index in [1.807, 2.05) is 12.3 Å². The molecule has 2 atom stereocenters.